The van der Waals surface area contributed by atoms with Crippen molar-refractivity contribution >= 4 is 23.0 Å². The van der Waals surface area contributed by atoms with Crippen molar-refractivity contribution in [1.82, 2.24) is 0 Å². The Morgan fingerprint density at radius 2 is 1.74 bits per heavy atom. The van der Waals surface area contributed by atoms with E-state index in [-0.39, 0.29) is 18.7 Å². The molecule has 1 atom stereocenters. The highest BCUT2D eigenvalue weighted by molar-refractivity contribution is 5.94. The average molecular weight is 443 g/mol. The zero-order valence-electron chi connectivity index (χ0n) is 17.2. The molecule has 2 rings (SSSR count). The summed E-state index contributed by atoms with van der Waals surface area (Å²) in [5.74, 6) is -0.224. The fourth-order valence-corrected chi connectivity index (χ4v) is 2.93. The highest BCUT2D eigenvalue weighted by atomic mass is 19.4. The number of halogens is 5. The first-order valence-electron chi connectivity index (χ1n) is 9.94. The normalized spacial score (nSPS) is 12.3. The summed E-state index contributed by atoms with van der Waals surface area (Å²) in [6, 6.07) is 10.1. The van der Waals surface area contributed by atoms with Crippen molar-refractivity contribution in [3.63, 3.8) is 0 Å². The van der Waals surface area contributed by atoms with Crippen LogP contribution in [0.25, 0.3) is 0 Å². The fraction of sp³-hybridized carbons (Fsp3) is 0.409. The molecular formula is C22H26F5N3O. The smallest absolute Gasteiger partial charge is 0.386 e. The van der Waals surface area contributed by atoms with Crippen LogP contribution in [-0.4, -0.2) is 25.8 Å². The largest absolute Gasteiger partial charge is 0.416 e. The van der Waals surface area contributed by atoms with E-state index >= 15 is 0 Å². The van der Waals surface area contributed by atoms with Gasteiger partial charge in [0.1, 0.15) is 12.8 Å². The number of carbonyl (C=O) groups is 1. The Hall–Kier alpha value is -2.84. The van der Waals surface area contributed by atoms with E-state index in [1.807, 2.05) is 0 Å². The summed E-state index contributed by atoms with van der Waals surface area (Å²) in [4.78, 5) is 12.1. The zero-order chi connectivity index (χ0) is 22.9. The van der Waals surface area contributed by atoms with Gasteiger partial charge in [-0.15, -0.1) is 0 Å². The minimum atomic E-state index is -4.36. The van der Waals surface area contributed by atoms with E-state index in [0.29, 0.717) is 36.3 Å². The van der Waals surface area contributed by atoms with Crippen LogP contribution in [0.3, 0.4) is 0 Å². The predicted octanol–water partition coefficient (Wildman–Crippen LogP) is 6.17. The number of hydrogen-bond donors (Lipinski definition) is 3. The van der Waals surface area contributed by atoms with E-state index in [4.69, 9.17) is 0 Å². The minimum Gasteiger partial charge on any atom is -0.386 e. The van der Waals surface area contributed by atoms with Crippen LogP contribution in [0.2, 0.25) is 0 Å². The molecule has 2 aromatic rings. The molecule has 2 aromatic carbocycles. The SMILES string of the molecule is CNc1cc(NCc2ccc(C(F)(F)F)cc2)ccc1NC(=O)CCCC[C@@H](F)CF. The van der Waals surface area contributed by atoms with Crippen LogP contribution in [0.4, 0.5) is 39.0 Å². The van der Waals surface area contributed by atoms with E-state index in [9.17, 15) is 26.7 Å². The first-order chi connectivity index (χ1) is 14.7. The Morgan fingerprint density at radius 3 is 2.35 bits per heavy atom. The predicted molar refractivity (Wildman–Crippen MR) is 113 cm³/mol. The standard InChI is InChI=1S/C22H26F5N3O/c1-28-20-12-18(29-14-15-6-8-16(9-7-15)22(25,26)27)10-11-19(20)30-21(31)5-3-2-4-17(24)13-23/h6-12,17,28-29H,2-5,13-14H2,1H3,(H,30,31)/t17-/m1/s1. The Balaban J connectivity index is 1.88. The molecule has 0 saturated heterocycles. The highest BCUT2D eigenvalue weighted by Gasteiger charge is 2.29. The molecule has 170 valence electrons. The first kappa shape index (κ1) is 24.4. The number of rotatable bonds is 11. The summed E-state index contributed by atoms with van der Waals surface area (Å²) in [5, 5.41) is 8.90. The summed E-state index contributed by atoms with van der Waals surface area (Å²) in [6.45, 7) is -0.668. The lowest BCUT2D eigenvalue weighted by molar-refractivity contribution is -0.137. The van der Waals surface area contributed by atoms with Crippen molar-refractivity contribution in [2.75, 3.05) is 29.7 Å². The van der Waals surface area contributed by atoms with Gasteiger partial charge in [0.15, 0.2) is 0 Å². The maximum Gasteiger partial charge on any atom is 0.416 e. The topological polar surface area (TPSA) is 53.2 Å². The Bertz CT molecular complexity index is 840. The number of nitrogens with one attached hydrogen (secondary N) is 3. The number of amides is 1. The van der Waals surface area contributed by atoms with Crippen molar-refractivity contribution in [2.45, 2.75) is 44.6 Å². The molecule has 0 unspecified atom stereocenters. The van der Waals surface area contributed by atoms with E-state index in [2.05, 4.69) is 16.0 Å². The summed E-state index contributed by atoms with van der Waals surface area (Å²) in [5.41, 5.74) is 1.95. The van der Waals surface area contributed by atoms with Gasteiger partial charge in [-0.2, -0.15) is 13.2 Å². The maximum atomic E-state index is 12.8. The van der Waals surface area contributed by atoms with Crippen LogP contribution in [0.1, 0.15) is 36.8 Å². The summed E-state index contributed by atoms with van der Waals surface area (Å²) in [6.07, 6.45) is -4.63. The lowest BCUT2D eigenvalue weighted by atomic mass is 10.1. The molecule has 1 amide bonds. The fourth-order valence-electron chi connectivity index (χ4n) is 2.93. The molecule has 0 heterocycles. The molecule has 0 radical (unpaired) electrons. The molecule has 0 aromatic heterocycles. The van der Waals surface area contributed by atoms with Crippen LogP contribution in [-0.2, 0) is 17.5 Å². The van der Waals surface area contributed by atoms with Gasteiger partial charge in [-0.05, 0) is 55.2 Å². The summed E-state index contributed by atoms with van der Waals surface area (Å²) < 4.78 is 62.8. The Labute approximate surface area is 178 Å². The number of anilines is 3. The second kappa shape index (κ2) is 11.5. The van der Waals surface area contributed by atoms with E-state index in [1.54, 1.807) is 25.2 Å². The molecule has 31 heavy (non-hydrogen) atoms. The number of hydrogen-bond acceptors (Lipinski definition) is 3. The third kappa shape index (κ3) is 8.07. The van der Waals surface area contributed by atoms with Crippen molar-refractivity contribution in [1.29, 1.82) is 0 Å². The van der Waals surface area contributed by atoms with Gasteiger partial charge in [0, 0.05) is 25.7 Å². The van der Waals surface area contributed by atoms with Crippen LogP contribution in [0.15, 0.2) is 42.5 Å². The number of unbranched alkanes of at least 4 members (excludes halogenated alkanes) is 1. The quantitative estimate of drug-likeness (QED) is 0.288. The van der Waals surface area contributed by atoms with Gasteiger partial charge in [-0.3, -0.25) is 4.79 Å². The average Bonchev–Trinajstić information content (AvgIpc) is 2.75. The monoisotopic (exact) mass is 443 g/mol. The lowest BCUT2D eigenvalue weighted by Gasteiger charge is -2.14. The molecular weight excluding hydrogens is 417 g/mol. The summed E-state index contributed by atoms with van der Waals surface area (Å²) in [7, 11) is 1.70. The Kier molecular flexibility index (Phi) is 9.08. The third-order valence-corrected chi connectivity index (χ3v) is 4.68. The van der Waals surface area contributed by atoms with Gasteiger partial charge in [0.25, 0.3) is 0 Å². The van der Waals surface area contributed by atoms with Crippen LogP contribution >= 0.6 is 0 Å². The van der Waals surface area contributed by atoms with Crippen molar-refractivity contribution < 1.29 is 26.7 Å². The molecule has 0 aliphatic carbocycles. The summed E-state index contributed by atoms with van der Waals surface area (Å²) >= 11 is 0. The number of benzene rings is 2. The van der Waals surface area contributed by atoms with Gasteiger partial charge >= 0.3 is 6.18 Å². The molecule has 0 spiro atoms. The second-order valence-electron chi connectivity index (χ2n) is 7.10. The first-order valence-corrected chi connectivity index (χ1v) is 9.94. The molecule has 0 fully saturated rings. The minimum absolute atomic E-state index is 0.102. The van der Waals surface area contributed by atoms with Crippen molar-refractivity contribution in [2.24, 2.45) is 0 Å². The molecule has 3 N–H and O–H groups in total. The second-order valence-corrected chi connectivity index (χ2v) is 7.10. The maximum absolute atomic E-state index is 12.8. The highest BCUT2D eigenvalue weighted by Crippen LogP contribution is 2.29. The van der Waals surface area contributed by atoms with E-state index in [1.165, 1.54) is 12.1 Å². The van der Waals surface area contributed by atoms with E-state index < -0.39 is 24.6 Å². The third-order valence-electron chi connectivity index (χ3n) is 4.68. The van der Waals surface area contributed by atoms with Crippen LogP contribution in [0, 0.1) is 0 Å². The van der Waals surface area contributed by atoms with Crippen molar-refractivity contribution in [3.8, 4) is 0 Å². The molecule has 4 nitrogen and oxygen atoms in total. The Morgan fingerprint density at radius 1 is 1.03 bits per heavy atom. The molecule has 9 heteroatoms. The van der Waals surface area contributed by atoms with E-state index in [0.717, 1.165) is 17.8 Å². The van der Waals surface area contributed by atoms with Gasteiger partial charge in [0.05, 0.1) is 16.9 Å². The number of alkyl halides is 5. The van der Waals surface area contributed by atoms with Gasteiger partial charge in [-0.25, -0.2) is 8.78 Å². The molecule has 0 aliphatic heterocycles. The van der Waals surface area contributed by atoms with Crippen LogP contribution < -0.4 is 16.0 Å². The van der Waals surface area contributed by atoms with Crippen molar-refractivity contribution in [3.05, 3.63) is 53.6 Å². The molecule has 0 bridgehead atoms. The molecule has 0 aliphatic rings. The van der Waals surface area contributed by atoms with Gasteiger partial charge in [0.2, 0.25) is 5.91 Å². The van der Waals surface area contributed by atoms with Gasteiger partial charge in [-0.1, -0.05) is 12.1 Å². The zero-order valence-corrected chi connectivity index (χ0v) is 17.2. The van der Waals surface area contributed by atoms with Crippen LogP contribution in [0.5, 0.6) is 0 Å². The number of carbonyl (C=O) groups excluding carboxylic acids is 1. The van der Waals surface area contributed by atoms with Gasteiger partial charge < -0.3 is 16.0 Å². The molecule has 0 saturated carbocycles. The lowest BCUT2D eigenvalue weighted by Crippen LogP contribution is -2.13.